The van der Waals surface area contributed by atoms with Crippen LogP contribution in [0.5, 0.6) is 11.5 Å². The van der Waals surface area contributed by atoms with E-state index in [-0.39, 0.29) is 16.5 Å². The summed E-state index contributed by atoms with van der Waals surface area (Å²) in [5.41, 5.74) is 0.958. The van der Waals surface area contributed by atoms with Crippen LogP contribution in [0.2, 0.25) is 5.02 Å². The van der Waals surface area contributed by atoms with Crippen molar-refractivity contribution in [3.63, 3.8) is 0 Å². The molecule has 0 aliphatic heterocycles. The Morgan fingerprint density at radius 2 is 1.80 bits per heavy atom. The zero-order valence-corrected chi connectivity index (χ0v) is 11.9. The lowest BCUT2D eigenvalue weighted by atomic mass is 10.0. The lowest BCUT2D eigenvalue weighted by Crippen LogP contribution is -1.94. The van der Waals surface area contributed by atoms with Crippen LogP contribution in [0.15, 0.2) is 42.5 Å². The molecule has 0 heterocycles. The van der Waals surface area contributed by atoms with Crippen LogP contribution in [0.1, 0.15) is 25.3 Å². The van der Waals surface area contributed by atoms with Crippen molar-refractivity contribution in [2.24, 2.45) is 0 Å². The van der Waals surface area contributed by atoms with Crippen LogP contribution in [0.25, 0.3) is 0 Å². The number of hydrogen-bond acceptors (Lipinski definition) is 3. The van der Waals surface area contributed by atoms with Gasteiger partial charge in [0, 0.05) is 0 Å². The maximum atomic E-state index is 11.0. The smallest absolute Gasteiger partial charge is 0.329 e. The second-order valence-corrected chi connectivity index (χ2v) is 5.08. The van der Waals surface area contributed by atoms with Crippen molar-refractivity contribution in [3.8, 4) is 11.5 Å². The number of halogens is 1. The van der Waals surface area contributed by atoms with Crippen LogP contribution < -0.4 is 4.74 Å². The summed E-state index contributed by atoms with van der Waals surface area (Å²) in [5, 5.41) is 11.1. The third kappa shape index (κ3) is 3.08. The van der Waals surface area contributed by atoms with Crippen molar-refractivity contribution in [1.82, 2.24) is 0 Å². The van der Waals surface area contributed by atoms with Gasteiger partial charge in [0.1, 0.15) is 10.8 Å². The molecule has 0 saturated carbocycles. The van der Waals surface area contributed by atoms with Crippen molar-refractivity contribution in [3.05, 3.63) is 63.2 Å². The molecule has 104 valence electrons. The molecule has 0 aliphatic rings. The summed E-state index contributed by atoms with van der Waals surface area (Å²) >= 11 is 5.84. The molecule has 4 nitrogen and oxygen atoms in total. The normalized spacial score (nSPS) is 10.6. The van der Waals surface area contributed by atoms with Crippen LogP contribution in [0.4, 0.5) is 5.69 Å². The van der Waals surface area contributed by atoms with Gasteiger partial charge in [-0.15, -0.1) is 0 Å². The van der Waals surface area contributed by atoms with Crippen LogP contribution >= 0.6 is 11.6 Å². The number of para-hydroxylation sites is 1. The number of ether oxygens (including phenoxy) is 1. The minimum atomic E-state index is -0.542. The molecule has 0 aromatic heterocycles. The largest absolute Gasteiger partial charge is 0.450 e. The maximum Gasteiger partial charge on any atom is 0.329 e. The molecule has 2 aromatic rings. The summed E-state index contributed by atoms with van der Waals surface area (Å²) in [4.78, 5) is 10.5. The molecule has 0 spiro atoms. The van der Waals surface area contributed by atoms with Crippen LogP contribution in [-0.2, 0) is 0 Å². The van der Waals surface area contributed by atoms with E-state index in [0.717, 1.165) is 0 Å². The molecule has 2 aromatic carbocycles. The molecule has 2 rings (SSSR count). The zero-order valence-electron chi connectivity index (χ0n) is 11.2. The van der Waals surface area contributed by atoms with Gasteiger partial charge in [-0.25, -0.2) is 0 Å². The molecule has 0 fully saturated rings. The highest BCUT2D eigenvalue weighted by molar-refractivity contribution is 6.32. The number of nitro groups is 1. The van der Waals surface area contributed by atoms with Gasteiger partial charge in [-0.2, -0.15) is 0 Å². The Labute approximate surface area is 122 Å². The second kappa shape index (κ2) is 5.92. The molecule has 0 bridgehead atoms. The Morgan fingerprint density at radius 1 is 1.15 bits per heavy atom. The lowest BCUT2D eigenvalue weighted by molar-refractivity contribution is -0.385. The van der Waals surface area contributed by atoms with E-state index in [1.807, 2.05) is 12.1 Å². The third-order valence-corrected chi connectivity index (χ3v) is 3.21. The third-order valence-electron chi connectivity index (χ3n) is 2.91. The molecule has 0 saturated heterocycles. The number of rotatable bonds is 4. The maximum absolute atomic E-state index is 11.0. The van der Waals surface area contributed by atoms with Crippen molar-refractivity contribution < 1.29 is 9.66 Å². The predicted molar refractivity (Wildman–Crippen MR) is 78.7 cm³/mol. The predicted octanol–water partition coefficient (Wildman–Crippen LogP) is 5.16. The van der Waals surface area contributed by atoms with E-state index < -0.39 is 4.92 Å². The van der Waals surface area contributed by atoms with Crippen LogP contribution in [0, 0.1) is 10.1 Å². The first-order valence-corrected chi connectivity index (χ1v) is 6.57. The van der Waals surface area contributed by atoms with Crippen molar-refractivity contribution in [2.75, 3.05) is 0 Å². The van der Waals surface area contributed by atoms with E-state index in [0.29, 0.717) is 11.7 Å². The Bertz CT molecular complexity index is 624. The molecule has 0 radical (unpaired) electrons. The average molecular weight is 292 g/mol. The van der Waals surface area contributed by atoms with Gasteiger partial charge in [-0.3, -0.25) is 10.1 Å². The van der Waals surface area contributed by atoms with Crippen LogP contribution in [-0.4, -0.2) is 4.92 Å². The Balaban J connectivity index is 2.30. The molecular weight excluding hydrogens is 278 g/mol. The van der Waals surface area contributed by atoms with Crippen molar-refractivity contribution in [1.29, 1.82) is 0 Å². The van der Waals surface area contributed by atoms with Gasteiger partial charge in [0.25, 0.3) is 0 Å². The lowest BCUT2D eigenvalue weighted by Gasteiger charge is -2.09. The van der Waals surface area contributed by atoms with Gasteiger partial charge < -0.3 is 4.74 Å². The summed E-state index contributed by atoms with van der Waals surface area (Å²) in [7, 11) is 0. The van der Waals surface area contributed by atoms with Gasteiger partial charge in [0.2, 0.25) is 5.75 Å². The molecule has 20 heavy (non-hydrogen) atoms. The van der Waals surface area contributed by atoms with Gasteiger partial charge in [-0.1, -0.05) is 43.6 Å². The first kappa shape index (κ1) is 14.3. The molecule has 0 N–H and O–H groups in total. The second-order valence-electron chi connectivity index (χ2n) is 4.67. The van der Waals surface area contributed by atoms with E-state index in [1.54, 1.807) is 18.2 Å². The van der Waals surface area contributed by atoms with Crippen molar-refractivity contribution >= 4 is 17.3 Å². The summed E-state index contributed by atoms with van der Waals surface area (Å²) in [5.74, 6) is 1.10. The molecule has 0 atom stereocenters. The number of nitro benzene ring substituents is 1. The van der Waals surface area contributed by atoms with Gasteiger partial charge in [-0.05, 0) is 35.7 Å². The standard InChI is InChI=1S/C15H14ClNO3/c1-10(2)11-6-8-12(9-7-11)20-14-5-3-4-13(16)15(14)17(18)19/h3-10H,1-2H3. The van der Waals surface area contributed by atoms with Crippen molar-refractivity contribution in [2.45, 2.75) is 19.8 Å². The topological polar surface area (TPSA) is 52.4 Å². The quantitative estimate of drug-likeness (QED) is 0.577. The molecular formula is C15H14ClNO3. The van der Waals surface area contributed by atoms with E-state index in [4.69, 9.17) is 16.3 Å². The molecule has 5 heteroatoms. The summed E-state index contributed by atoms with van der Waals surface area (Å²) < 4.78 is 5.56. The molecule has 0 amide bonds. The summed E-state index contributed by atoms with van der Waals surface area (Å²) in [6, 6.07) is 12.1. The number of hydrogen-bond donors (Lipinski definition) is 0. The fraction of sp³-hybridized carbons (Fsp3) is 0.200. The number of benzene rings is 2. The zero-order chi connectivity index (χ0) is 14.7. The fourth-order valence-electron chi connectivity index (χ4n) is 1.80. The van der Waals surface area contributed by atoms with Gasteiger partial charge in [0.05, 0.1) is 4.92 Å². The fourth-order valence-corrected chi connectivity index (χ4v) is 2.04. The average Bonchev–Trinajstić information content (AvgIpc) is 2.39. The SMILES string of the molecule is CC(C)c1ccc(Oc2cccc(Cl)c2[N+](=O)[O-])cc1. The first-order valence-electron chi connectivity index (χ1n) is 6.19. The highest BCUT2D eigenvalue weighted by atomic mass is 35.5. The monoisotopic (exact) mass is 291 g/mol. The Morgan fingerprint density at radius 3 is 2.35 bits per heavy atom. The van der Waals surface area contributed by atoms with E-state index in [9.17, 15) is 10.1 Å². The van der Waals surface area contributed by atoms with Gasteiger partial charge in [0.15, 0.2) is 0 Å². The molecule has 0 unspecified atom stereocenters. The minimum Gasteiger partial charge on any atom is -0.450 e. The Hall–Kier alpha value is -2.07. The van der Waals surface area contributed by atoms with Crippen LogP contribution in [0.3, 0.4) is 0 Å². The van der Waals surface area contributed by atoms with E-state index in [1.165, 1.54) is 17.7 Å². The minimum absolute atomic E-state index is 0.0614. The number of nitrogens with zero attached hydrogens (tertiary/aromatic N) is 1. The van der Waals surface area contributed by atoms with E-state index in [2.05, 4.69) is 13.8 Å². The van der Waals surface area contributed by atoms with Gasteiger partial charge >= 0.3 is 5.69 Å². The highest BCUT2D eigenvalue weighted by Crippen LogP contribution is 2.37. The van der Waals surface area contributed by atoms with E-state index >= 15 is 0 Å². The summed E-state index contributed by atoms with van der Waals surface area (Å²) in [6.45, 7) is 4.19. The first-order chi connectivity index (χ1) is 9.49. The molecule has 0 aliphatic carbocycles. The summed E-state index contributed by atoms with van der Waals surface area (Å²) in [6.07, 6.45) is 0. The Kier molecular flexibility index (Phi) is 4.25. The highest BCUT2D eigenvalue weighted by Gasteiger charge is 2.20.